The molecule has 1 heterocycles. The van der Waals surface area contributed by atoms with Crippen LogP contribution in [0.25, 0.3) is 0 Å². The zero-order valence-corrected chi connectivity index (χ0v) is 14.4. The molecule has 2 bridgehead atoms. The van der Waals surface area contributed by atoms with Crippen LogP contribution in [-0.4, -0.2) is 29.4 Å². The summed E-state index contributed by atoms with van der Waals surface area (Å²) in [4.78, 5) is 8.91. The van der Waals surface area contributed by atoms with Gasteiger partial charge in [0.25, 0.3) is 0 Å². The molecule has 4 nitrogen and oxygen atoms in total. The Morgan fingerprint density at radius 1 is 1.33 bits per heavy atom. The van der Waals surface area contributed by atoms with Crippen LogP contribution in [0.4, 0.5) is 5.82 Å². The second-order valence-electron chi connectivity index (χ2n) is 7.05. The summed E-state index contributed by atoms with van der Waals surface area (Å²) in [6, 6.07) is 1.90. The van der Waals surface area contributed by atoms with E-state index in [9.17, 15) is 0 Å². The number of nitrogens with zero attached hydrogens (tertiary/aromatic N) is 2. The molecule has 0 aliphatic heterocycles. The van der Waals surface area contributed by atoms with Crippen LogP contribution in [0, 0.1) is 16.7 Å². The second-order valence-corrected chi connectivity index (χ2v) is 7.82. The van der Waals surface area contributed by atoms with Crippen molar-refractivity contribution in [1.29, 1.82) is 0 Å². The standard InChI is InChI=1S/C16H25N3OS/c1-15(2)10-6-7-16(15,3)11(8-10)20-13-9-12(17-4)18-14(19-13)21-5/h9-11H,6-8H2,1-5H3,(H,17,18,19). The zero-order chi connectivity index (χ0) is 15.3. The lowest BCUT2D eigenvalue weighted by atomic mass is 9.70. The van der Waals surface area contributed by atoms with E-state index in [-0.39, 0.29) is 11.5 Å². The normalized spacial score (nSPS) is 33.2. The van der Waals surface area contributed by atoms with E-state index in [1.165, 1.54) is 12.8 Å². The van der Waals surface area contributed by atoms with Gasteiger partial charge in [0.2, 0.25) is 5.88 Å². The number of hydrogen-bond donors (Lipinski definition) is 1. The van der Waals surface area contributed by atoms with Crippen LogP contribution < -0.4 is 10.1 Å². The highest BCUT2D eigenvalue weighted by Gasteiger charge is 2.62. The van der Waals surface area contributed by atoms with E-state index in [0.29, 0.717) is 11.3 Å². The van der Waals surface area contributed by atoms with E-state index in [1.54, 1.807) is 11.8 Å². The van der Waals surface area contributed by atoms with Gasteiger partial charge in [-0.05, 0) is 36.9 Å². The Hall–Kier alpha value is -0.970. The molecule has 0 amide bonds. The SMILES string of the molecule is CNc1cc(OC2CC3CCC2(C)C3(C)C)nc(SC)n1. The van der Waals surface area contributed by atoms with E-state index in [1.807, 2.05) is 19.4 Å². The van der Waals surface area contributed by atoms with Crippen molar-refractivity contribution in [2.24, 2.45) is 16.7 Å². The van der Waals surface area contributed by atoms with Crippen molar-refractivity contribution in [2.75, 3.05) is 18.6 Å². The van der Waals surface area contributed by atoms with Gasteiger partial charge < -0.3 is 10.1 Å². The fourth-order valence-electron chi connectivity index (χ4n) is 4.14. The van der Waals surface area contributed by atoms with Gasteiger partial charge in [0.15, 0.2) is 5.16 Å². The Bertz CT molecular complexity index is 526. The van der Waals surface area contributed by atoms with Crippen LogP contribution in [0.1, 0.15) is 40.0 Å². The van der Waals surface area contributed by atoms with Crippen molar-refractivity contribution in [3.8, 4) is 5.88 Å². The molecule has 3 atom stereocenters. The first-order valence-corrected chi connectivity index (χ1v) is 8.90. The third-order valence-corrected chi connectivity index (χ3v) is 6.65. The highest BCUT2D eigenvalue weighted by Crippen LogP contribution is 2.66. The molecule has 2 aliphatic carbocycles. The predicted molar refractivity (Wildman–Crippen MR) is 87.0 cm³/mol. The molecule has 0 saturated heterocycles. The van der Waals surface area contributed by atoms with Crippen molar-refractivity contribution >= 4 is 17.6 Å². The van der Waals surface area contributed by atoms with Gasteiger partial charge >= 0.3 is 0 Å². The van der Waals surface area contributed by atoms with Gasteiger partial charge in [0, 0.05) is 18.5 Å². The maximum absolute atomic E-state index is 6.33. The Labute approximate surface area is 131 Å². The molecule has 1 aromatic heterocycles. The average Bonchev–Trinajstić information content (AvgIpc) is 2.80. The third-order valence-electron chi connectivity index (χ3n) is 6.10. The molecule has 2 fully saturated rings. The fourth-order valence-corrected chi connectivity index (χ4v) is 4.51. The number of hydrogen-bond acceptors (Lipinski definition) is 5. The van der Waals surface area contributed by atoms with Gasteiger partial charge in [-0.2, -0.15) is 4.98 Å². The largest absolute Gasteiger partial charge is 0.474 e. The van der Waals surface area contributed by atoms with E-state index in [0.717, 1.165) is 23.3 Å². The number of anilines is 1. The van der Waals surface area contributed by atoms with E-state index in [4.69, 9.17) is 4.74 Å². The van der Waals surface area contributed by atoms with Gasteiger partial charge in [0.05, 0.1) is 0 Å². The summed E-state index contributed by atoms with van der Waals surface area (Å²) in [5.41, 5.74) is 0.612. The molecule has 0 aromatic carbocycles. The van der Waals surface area contributed by atoms with Crippen molar-refractivity contribution in [2.45, 2.75) is 51.3 Å². The monoisotopic (exact) mass is 307 g/mol. The van der Waals surface area contributed by atoms with E-state index in [2.05, 4.69) is 36.1 Å². The lowest BCUT2D eigenvalue weighted by Gasteiger charge is -2.38. The van der Waals surface area contributed by atoms with Gasteiger partial charge in [-0.25, -0.2) is 4.98 Å². The topological polar surface area (TPSA) is 47.0 Å². The summed E-state index contributed by atoms with van der Waals surface area (Å²) >= 11 is 1.54. The van der Waals surface area contributed by atoms with Crippen LogP contribution >= 0.6 is 11.8 Å². The van der Waals surface area contributed by atoms with Crippen molar-refractivity contribution in [1.82, 2.24) is 9.97 Å². The lowest BCUT2D eigenvalue weighted by Crippen LogP contribution is -2.39. The molecule has 21 heavy (non-hydrogen) atoms. The van der Waals surface area contributed by atoms with Crippen LogP contribution in [-0.2, 0) is 0 Å². The number of thioether (sulfide) groups is 1. The molecule has 116 valence electrons. The summed E-state index contributed by atoms with van der Waals surface area (Å²) in [5.74, 6) is 2.29. The number of nitrogens with one attached hydrogen (secondary N) is 1. The highest BCUT2D eigenvalue weighted by molar-refractivity contribution is 7.98. The van der Waals surface area contributed by atoms with Gasteiger partial charge in [0.1, 0.15) is 11.9 Å². The van der Waals surface area contributed by atoms with Crippen LogP contribution in [0.15, 0.2) is 11.2 Å². The number of aromatic nitrogens is 2. The zero-order valence-electron chi connectivity index (χ0n) is 13.6. The third kappa shape index (κ3) is 2.20. The summed E-state index contributed by atoms with van der Waals surface area (Å²) in [6.07, 6.45) is 6.00. The van der Waals surface area contributed by atoms with E-state index >= 15 is 0 Å². The maximum Gasteiger partial charge on any atom is 0.219 e. The van der Waals surface area contributed by atoms with Gasteiger partial charge in [-0.15, -0.1) is 0 Å². The van der Waals surface area contributed by atoms with Crippen LogP contribution in [0.2, 0.25) is 0 Å². The number of ether oxygens (including phenoxy) is 1. The highest BCUT2D eigenvalue weighted by atomic mass is 32.2. The molecule has 1 N–H and O–H groups in total. The molecule has 2 saturated carbocycles. The minimum atomic E-state index is 0.252. The van der Waals surface area contributed by atoms with Crippen molar-refractivity contribution in [3.05, 3.63) is 6.07 Å². The molecule has 0 radical (unpaired) electrons. The molecule has 5 heteroatoms. The molecule has 2 aliphatic rings. The van der Waals surface area contributed by atoms with Crippen LogP contribution in [0.3, 0.4) is 0 Å². The van der Waals surface area contributed by atoms with Crippen molar-refractivity contribution < 1.29 is 4.74 Å². The van der Waals surface area contributed by atoms with Crippen molar-refractivity contribution in [3.63, 3.8) is 0 Å². The maximum atomic E-state index is 6.33. The lowest BCUT2D eigenvalue weighted by molar-refractivity contribution is 0.0268. The summed E-state index contributed by atoms with van der Waals surface area (Å²) in [6.45, 7) is 7.20. The number of fused-ring (bicyclic) bond motifs is 2. The molecule has 3 unspecified atom stereocenters. The summed E-state index contributed by atoms with van der Waals surface area (Å²) in [7, 11) is 1.87. The Morgan fingerprint density at radius 3 is 2.62 bits per heavy atom. The first-order valence-electron chi connectivity index (χ1n) is 7.68. The molecule has 0 spiro atoms. The predicted octanol–water partition coefficient (Wildman–Crippen LogP) is 3.83. The smallest absolute Gasteiger partial charge is 0.219 e. The Morgan fingerprint density at radius 2 is 2.10 bits per heavy atom. The quantitative estimate of drug-likeness (QED) is 0.676. The summed E-state index contributed by atoms with van der Waals surface area (Å²) < 4.78 is 6.33. The van der Waals surface area contributed by atoms with Gasteiger partial charge in [-0.3, -0.25) is 0 Å². The Balaban J connectivity index is 1.85. The second kappa shape index (κ2) is 5.04. The first-order chi connectivity index (χ1) is 9.90. The molecule has 3 rings (SSSR count). The average molecular weight is 307 g/mol. The Kier molecular flexibility index (Phi) is 3.59. The van der Waals surface area contributed by atoms with E-state index < -0.39 is 0 Å². The number of rotatable bonds is 4. The molecular weight excluding hydrogens is 282 g/mol. The fraction of sp³-hybridized carbons (Fsp3) is 0.750. The minimum absolute atomic E-state index is 0.252. The first kappa shape index (κ1) is 14.9. The molecular formula is C16H25N3OS. The summed E-state index contributed by atoms with van der Waals surface area (Å²) in [5, 5.41) is 3.84. The van der Waals surface area contributed by atoms with Gasteiger partial charge in [-0.1, -0.05) is 32.5 Å². The minimum Gasteiger partial charge on any atom is -0.474 e. The van der Waals surface area contributed by atoms with Crippen LogP contribution in [0.5, 0.6) is 5.88 Å². The molecule has 1 aromatic rings.